The lowest BCUT2D eigenvalue weighted by Gasteiger charge is -2.34. The minimum atomic E-state index is -0.649. The van der Waals surface area contributed by atoms with Gasteiger partial charge in [0.1, 0.15) is 11.6 Å². The second kappa shape index (κ2) is 9.27. The van der Waals surface area contributed by atoms with Crippen molar-refractivity contribution in [1.82, 2.24) is 20.5 Å². The molecular formula is C20H23FN4O3. The molecule has 0 saturated carbocycles. The quantitative estimate of drug-likeness (QED) is 0.748. The van der Waals surface area contributed by atoms with Gasteiger partial charge < -0.3 is 15.4 Å². The van der Waals surface area contributed by atoms with Crippen molar-refractivity contribution in [3.8, 4) is 5.75 Å². The summed E-state index contributed by atoms with van der Waals surface area (Å²) in [5, 5.41) is 5.58. The van der Waals surface area contributed by atoms with E-state index in [1.165, 1.54) is 13.2 Å². The van der Waals surface area contributed by atoms with Crippen LogP contribution in [0.25, 0.3) is 0 Å². The van der Waals surface area contributed by atoms with E-state index in [4.69, 9.17) is 4.74 Å². The van der Waals surface area contributed by atoms with E-state index in [9.17, 15) is 14.0 Å². The van der Waals surface area contributed by atoms with Crippen molar-refractivity contribution >= 4 is 11.8 Å². The van der Waals surface area contributed by atoms with Crippen molar-refractivity contribution in [1.29, 1.82) is 0 Å². The van der Waals surface area contributed by atoms with Gasteiger partial charge in [-0.3, -0.25) is 19.5 Å². The van der Waals surface area contributed by atoms with Crippen LogP contribution in [0.3, 0.4) is 0 Å². The first-order valence-electron chi connectivity index (χ1n) is 9.06. The number of amides is 2. The first-order valence-corrected chi connectivity index (χ1v) is 9.06. The second-order valence-corrected chi connectivity index (χ2v) is 6.58. The summed E-state index contributed by atoms with van der Waals surface area (Å²) in [6, 6.07) is 7.64. The number of rotatable bonds is 7. The fourth-order valence-corrected chi connectivity index (χ4v) is 3.13. The van der Waals surface area contributed by atoms with Crippen LogP contribution in [0.2, 0.25) is 0 Å². The van der Waals surface area contributed by atoms with Crippen LogP contribution in [0.15, 0.2) is 42.7 Å². The van der Waals surface area contributed by atoms with Crippen LogP contribution < -0.4 is 15.4 Å². The second-order valence-electron chi connectivity index (χ2n) is 6.58. The van der Waals surface area contributed by atoms with Crippen molar-refractivity contribution in [3.05, 3.63) is 59.7 Å². The molecule has 0 bridgehead atoms. The largest absolute Gasteiger partial charge is 0.497 e. The molecule has 0 aliphatic carbocycles. The van der Waals surface area contributed by atoms with Crippen LogP contribution in [0.4, 0.5) is 4.39 Å². The number of methoxy groups -OCH3 is 1. The van der Waals surface area contributed by atoms with E-state index in [1.54, 1.807) is 30.6 Å². The van der Waals surface area contributed by atoms with Crippen LogP contribution in [-0.2, 0) is 22.7 Å². The average Bonchev–Trinajstić information content (AvgIpc) is 2.71. The minimum Gasteiger partial charge on any atom is -0.497 e. The molecule has 148 valence electrons. The van der Waals surface area contributed by atoms with Gasteiger partial charge in [-0.05, 0) is 17.7 Å². The average molecular weight is 386 g/mol. The summed E-state index contributed by atoms with van der Waals surface area (Å²) in [4.78, 5) is 30.5. The Morgan fingerprint density at radius 2 is 2.29 bits per heavy atom. The van der Waals surface area contributed by atoms with Gasteiger partial charge in [0, 0.05) is 50.2 Å². The van der Waals surface area contributed by atoms with Crippen LogP contribution in [-0.4, -0.2) is 47.9 Å². The highest BCUT2D eigenvalue weighted by atomic mass is 19.1. The molecule has 1 aromatic carbocycles. The van der Waals surface area contributed by atoms with Gasteiger partial charge in [0.2, 0.25) is 11.8 Å². The van der Waals surface area contributed by atoms with Crippen LogP contribution in [0, 0.1) is 5.82 Å². The third-order valence-corrected chi connectivity index (χ3v) is 4.67. The topological polar surface area (TPSA) is 83.6 Å². The molecule has 0 unspecified atom stereocenters. The van der Waals surface area contributed by atoms with Crippen molar-refractivity contribution in [2.75, 3.05) is 20.2 Å². The molecule has 1 atom stereocenters. The van der Waals surface area contributed by atoms with Gasteiger partial charge in [-0.15, -0.1) is 0 Å². The summed E-state index contributed by atoms with van der Waals surface area (Å²) in [7, 11) is 1.48. The summed E-state index contributed by atoms with van der Waals surface area (Å²) < 4.78 is 19.3. The molecule has 2 N–H and O–H groups in total. The number of carbonyl (C=O) groups excluding carboxylic acids is 2. The molecule has 3 rings (SSSR count). The molecule has 0 radical (unpaired) electrons. The van der Waals surface area contributed by atoms with Crippen molar-refractivity contribution in [3.63, 3.8) is 0 Å². The molecule has 1 aromatic heterocycles. The summed E-state index contributed by atoms with van der Waals surface area (Å²) >= 11 is 0. The van der Waals surface area contributed by atoms with Crippen LogP contribution in [0.1, 0.15) is 17.5 Å². The van der Waals surface area contributed by atoms with E-state index in [-0.39, 0.29) is 24.8 Å². The first kappa shape index (κ1) is 19.8. The van der Waals surface area contributed by atoms with E-state index in [0.717, 1.165) is 5.56 Å². The van der Waals surface area contributed by atoms with E-state index >= 15 is 0 Å². The molecule has 2 amide bonds. The molecule has 1 saturated heterocycles. The van der Waals surface area contributed by atoms with Crippen molar-refractivity contribution in [2.24, 2.45) is 0 Å². The Morgan fingerprint density at radius 3 is 3.00 bits per heavy atom. The Bertz CT molecular complexity index is 831. The predicted molar refractivity (Wildman–Crippen MR) is 101 cm³/mol. The number of piperazine rings is 1. The molecular weight excluding hydrogens is 363 g/mol. The number of hydrogen-bond donors (Lipinski definition) is 2. The zero-order valence-electron chi connectivity index (χ0n) is 15.7. The number of pyridine rings is 1. The number of benzene rings is 1. The molecule has 28 heavy (non-hydrogen) atoms. The summed E-state index contributed by atoms with van der Waals surface area (Å²) in [5.41, 5.74) is 1.33. The van der Waals surface area contributed by atoms with E-state index in [1.807, 2.05) is 11.0 Å². The standard InChI is InChI=1S/C20H23FN4O3/c1-28-16-5-4-15(17(21)9-16)13-25-8-7-23-20(27)18(25)10-19(26)24-12-14-3-2-6-22-11-14/h2-6,9,11,18H,7-8,10,12-13H2,1H3,(H,23,27)(H,24,26)/t18-/m1/s1. The fourth-order valence-electron chi connectivity index (χ4n) is 3.13. The molecule has 8 heteroatoms. The smallest absolute Gasteiger partial charge is 0.237 e. The van der Waals surface area contributed by atoms with Gasteiger partial charge in [0.05, 0.1) is 19.6 Å². The molecule has 2 aromatic rings. The maximum Gasteiger partial charge on any atom is 0.237 e. The van der Waals surface area contributed by atoms with Gasteiger partial charge in [0.15, 0.2) is 0 Å². The van der Waals surface area contributed by atoms with Crippen LogP contribution >= 0.6 is 0 Å². The van der Waals surface area contributed by atoms with Crippen molar-refractivity contribution in [2.45, 2.75) is 25.6 Å². The number of nitrogens with one attached hydrogen (secondary N) is 2. The summed E-state index contributed by atoms with van der Waals surface area (Å²) in [5.74, 6) is -0.433. The highest BCUT2D eigenvalue weighted by Gasteiger charge is 2.32. The SMILES string of the molecule is COc1ccc(CN2CCNC(=O)[C@H]2CC(=O)NCc2cccnc2)c(F)c1. The van der Waals surface area contributed by atoms with Gasteiger partial charge in [-0.2, -0.15) is 0 Å². The summed E-state index contributed by atoms with van der Waals surface area (Å²) in [6.07, 6.45) is 3.34. The number of hydrogen-bond acceptors (Lipinski definition) is 5. The predicted octanol–water partition coefficient (Wildman–Crippen LogP) is 1.24. The number of aromatic nitrogens is 1. The Morgan fingerprint density at radius 1 is 1.43 bits per heavy atom. The van der Waals surface area contributed by atoms with Gasteiger partial charge in [-0.25, -0.2) is 4.39 Å². The zero-order valence-corrected chi connectivity index (χ0v) is 15.7. The third-order valence-electron chi connectivity index (χ3n) is 4.67. The Labute approximate surface area is 162 Å². The maximum atomic E-state index is 14.3. The van der Waals surface area contributed by atoms with Crippen molar-refractivity contribution < 1.29 is 18.7 Å². The lowest BCUT2D eigenvalue weighted by molar-refractivity contribution is -0.134. The Balaban J connectivity index is 1.63. The van der Waals surface area contributed by atoms with E-state index in [0.29, 0.717) is 30.9 Å². The fraction of sp³-hybridized carbons (Fsp3) is 0.350. The van der Waals surface area contributed by atoms with Gasteiger partial charge in [0.25, 0.3) is 0 Å². The molecule has 1 aliphatic rings. The lowest BCUT2D eigenvalue weighted by Crippen LogP contribution is -2.56. The maximum absolute atomic E-state index is 14.3. The minimum absolute atomic E-state index is 0.00384. The Kier molecular flexibility index (Phi) is 6.54. The zero-order chi connectivity index (χ0) is 19.9. The number of nitrogens with zero attached hydrogens (tertiary/aromatic N) is 2. The van der Waals surface area contributed by atoms with E-state index < -0.39 is 11.9 Å². The normalized spacial score (nSPS) is 17.1. The Hall–Kier alpha value is -3.00. The van der Waals surface area contributed by atoms with Crippen LogP contribution in [0.5, 0.6) is 5.75 Å². The lowest BCUT2D eigenvalue weighted by atomic mass is 10.1. The highest BCUT2D eigenvalue weighted by molar-refractivity contribution is 5.88. The highest BCUT2D eigenvalue weighted by Crippen LogP contribution is 2.20. The molecule has 1 aliphatic heterocycles. The van der Waals surface area contributed by atoms with Gasteiger partial charge >= 0.3 is 0 Å². The van der Waals surface area contributed by atoms with E-state index in [2.05, 4.69) is 15.6 Å². The molecule has 2 heterocycles. The number of halogens is 1. The number of ether oxygens (including phenoxy) is 1. The first-order chi connectivity index (χ1) is 13.6. The molecule has 0 spiro atoms. The monoisotopic (exact) mass is 386 g/mol. The number of carbonyl (C=O) groups is 2. The summed E-state index contributed by atoms with van der Waals surface area (Å²) in [6.45, 7) is 1.58. The third kappa shape index (κ3) is 5.04. The molecule has 7 nitrogen and oxygen atoms in total. The van der Waals surface area contributed by atoms with Gasteiger partial charge in [-0.1, -0.05) is 12.1 Å². The molecule has 1 fully saturated rings.